The zero-order valence-corrected chi connectivity index (χ0v) is 16.7. The molecule has 2 rings (SSSR count). The van der Waals surface area contributed by atoms with Crippen molar-refractivity contribution in [2.45, 2.75) is 12.8 Å². The molecular formula is C17H16Cl2N4O4S. The zero-order chi connectivity index (χ0) is 20.5. The number of hydrazine groups is 1. The van der Waals surface area contributed by atoms with E-state index in [1.165, 1.54) is 18.2 Å². The molecule has 0 aliphatic rings. The molecule has 2 aromatic rings. The van der Waals surface area contributed by atoms with Crippen molar-refractivity contribution in [2.24, 2.45) is 0 Å². The third kappa shape index (κ3) is 7.18. The number of benzene rings is 2. The Morgan fingerprint density at radius 1 is 1.18 bits per heavy atom. The molecule has 0 aromatic heterocycles. The van der Waals surface area contributed by atoms with Crippen molar-refractivity contribution in [3.8, 4) is 5.75 Å². The third-order valence-corrected chi connectivity index (χ3v) is 4.06. The summed E-state index contributed by atoms with van der Waals surface area (Å²) in [5.74, 6) is 0.195. The average molecular weight is 443 g/mol. The van der Waals surface area contributed by atoms with Gasteiger partial charge in [-0.2, -0.15) is 0 Å². The van der Waals surface area contributed by atoms with Gasteiger partial charge in [0.1, 0.15) is 5.75 Å². The zero-order valence-electron chi connectivity index (χ0n) is 14.4. The summed E-state index contributed by atoms with van der Waals surface area (Å²) in [5.41, 5.74) is 5.31. The highest BCUT2D eigenvalue weighted by Crippen LogP contribution is 2.27. The molecule has 0 spiro atoms. The van der Waals surface area contributed by atoms with Crippen LogP contribution in [0.1, 0.15) is 12.8 Å². The number of non-ortho nitro benzene ring substituents is 1. The normalized spacial score (nSPS) is 10.1. The Morgan fingerprint density at radius 3 is 2.68 bits per heavy atom. The lowest BCUT2D eigenvalue weighted by Gasteiger charge is -2.12. The second-order valence-corrected chi connectivity index (χ2v) is 6.71. The van der Waals surface area contributed by atoms with Crippen LogP contribution < -0.4 is 20.9 Å². The summed E-state index contributed by atoms with van der Waals surface area (Å²) in [6, 6.07) is 10.7. The van der Waals surface area contributed by atoms with Crippen molar-refractivity contribution in [2.75, 3.05) is 11.9 Å². The fourth-order valence-corrected chi connectivity index (χ4v) is 2.69. The molecule has 0 bridgehead atoms. The van der Waals surface area contributed by atoms with E-state index in [1.54, 1.807) is 24.3 Å². The number of halogens is 2. The van der Waals surface area contributed by atoms with Gasteiger partial charge in [0.2, 0.25) is 5.91 Å². The van der Waals surface area contributed by atoms with E-state index in [2.05, 4.69) is 16.2 Å². The molecule has 0 unspecified atom stereocenters. The van der Waals surface area contributed by atoms with Gasteiger partial charge in [0.05, 0.1) is 16.6 Å². The van der Waals surface area contributed by atoms with Crippen LogP contribution in [0.3, 0.4) is 0 Å². The summed E-state index contributed by atoms with van der Waals surface area (Å²) >= 11 is 16.8. The van der Waals surface area contributed by atoms with Gasteiger partial charge in [0.25, 0.3) is 5.69 Å². The lowest BCUT2D eigenvalue weighted by molar-refractivity contribution is -0.384. The Bertz CT molecular complexity index is 882. The maximum atomic E-state index is 11.8. The number of amides is 1. The number of ether oxygens (including phenoxy) is 1. The van der Waals surface area contributed by atoms with Crippen LogP contribution in [0.15, 0.2) is 42.5 Å². The Kier molecular flexibility index (Phi) is 8.24. The number of nitro benzene ring substituents is 1. The molecule has 0 heterocycles. The van der Waals surface area contributed by atoms with E-state index in [1.807, 2.05) is 0 Å². The minimum absolute atomic E-state index is 0.0716. The highest BCUT2D eigenvalue weighted by molar-refractivity contribution is 7.80. The van der Waals surface area contributed by atoms with Crippen LogP contribution >= 0.6 is 35.4 Å². The minimum atomic E-state index is -0.511. The molecule has 0 aliphatic carbocycles. The Hall–Kier alpha value is -2.62. The number of nitrogens with one attached hydrogen (secondary N) is 3. The van der Waals surface area contributed by atoms with Crippen LogP contribution in [-0.2, 0) is 4.79 Å². The Morgan fingerprint density at radius 2 is 1.96 bits per heavy atom. The first-order valence-electron chi connectivity index (χ1n) is 8.03. The molecule has 28 heavy (non-hydrogen) atoms. The maximum Gasteiger partial charge on any atom is 0.271 e. The molecule has 1 amide bonds. The van der Waals surface area contributed by atoms with E-state index >= 15 is 0 Å². The lowest BCUT2D eigenvalue weighted by Crippen LogP contribution is -2.43. The van der Waals surface area contributed by atoms with Gasteiger partial charge in [-0.05, 0) is 42.9 Å². The standard InChI is InChI=1S/C17H16Cl2N4O4S/c18-11-6-7-15(14(19)9-11)27-8-2-5-16(24)21-22-17(28)20-12-3-1-4-13(10-12)23(25)26/h1,3-4,6-7,9-10H,2,5,8H2,(H,21,24)(H2,20,22,28). The minimum Gasteiger partial charge on any atom is -0.492 e. The topological polar surface area (TPSA) is 106 Å². The van der Waals surface area contributed by atoms with Crippen molar-refractivity contribution >= 4 is 57.8 Å². The van der Waals surface area contributed by atoms with Gasteiger partial charge < -0.3 is 10.1 Å². The maximum absolute atomic E-state index is 11.8. The highest BCUT2D eigenvalue weighted by Gasteiger charge is 2.08. The van der Waals surface area contributed by atoms with Gasteiger partial charge in [-0.25, -0.2) is 0 Å². The number of carbonyl (C=O) groups excluding carboxylic acids is 1. The number of nitrogens with zero attached hydrogens (tertiary/aromatic N) is 1. The predicted molar refractivity (Wildman–Crippen MR) is 112 cm³/mol. The number of anilines is 1. The first-order chi connectivity index (χ1) is 13.3. The van der Waals surface area contributed by atoms with Crippen LogP contribution in [0, 0.1) is 10.1 Å². The quantitative estimate of drug-likeness (QED) is 0.256. The van der Waals surface area contributed by atoms with E-state index in [0.29, 0.717) is 34.5 Å². The monoisotopic (exact) mass is 442 g/mol. The van der Waals surface area contributed by atoms with Gasteiger partial charge in [0.15, 0.2) is 5.11 Å². The van der Waals surface area contributed by atoms with E-state index in [4.69, 9.17) is 40.2 Å². The van der Waals surface area contributed by atoms with E-state index in [0.717, 1.165) is 0 Å². The molecule has 2 aromatic carbocycles. The van der Waals surface area contributed by atoms with Gasteiger partial charge in [-0.15, -0.1) is 0 Å². The van der Waals surface area contributed by atoms with Crippen LogP contribution in [0.4, 0.5) is 11.4 Å². The number of thiocarbonyl (C=S) groups is 1. The van der Waals surface area contributed by atoms with Crippen LogP contribution in [0.25, 0.3) is 0 Å². The van der Waals surface area contributed by atoms with Crippen LogP contribution in [0.5, 0.6) is 5.75 Å². The highest BCUT2D eigenvalue weighted by atomic mass is 35.5. The van der Waals surface area contributed by atoms with Crippen molar-refractivity contribution in [1.29, 1.82) is 0 Å². The van der Waals surface area contributed by atoms with E-state index in [9.17, 15) is 14.9 Å². The molecule has 148 valence electrons. The lowest BCUT2D eigenvalue weighted by atomic mass is 10.3. The second-order valence-electron chi connectivity index (χ2n) is 5.46. The van der Waals surface area contributed by atoms with Crippen LogP contribution in [0.2, 0.25) is 10.0 Å². The molecule has 0 saturated carbocycles. The fourth-order valence-electron chi connectivity index (χ4n) is 2.06. The number of hydrogen-bond acceptors (Lipinski definition) is 5. The summed E-state index contributed by atoms with van der Waals surface area (Å²) in [6.07, 6.45) is 0.648. The van der Waals surface area contributed by atoms with Gasteiger partial charge in [-0.1, -0.05) is 29.3 Å². The molecule has 0 saturated heterocycles. The second kappa shape index (κ2) is 10.6. The molecular weight excluding hydrogens is 427 g/mol. The van der Waals surface area contributed by atoms with Gasteiger partial charge >= 0.3 is 0 Å². The van der Waals surface area contributed by atoms with E-state index in [-0.39, 0.29) is 23.1 Å². The number of rotatable bonds is 7. The molecule has 0 radical (unpaired) electrons. The third-order valence-electron chi connectivity index (χ3n) is 3.33. The first-order valence-corrected chi connectivity index (χ1v) is 9.19. The Labute approximate surface area is 176 Å². The number of carbonyl (C=O) groups is 1. The summed E-state index contributed by atoms with van der Waals surface area (Å²) in [6.45, 7) is 0.297. The molecule has 0 fully saturated rings. The predicted octanol–water partition coefficient (Wildman–Crippen LogP) is 4.08. The summed E-state index contributed by atoms with van der Waals surface area (Å²) < 4.78 is 5.49. The summed E-state index contributed by atoms with van der Waals surface area (Å²) in [7, 11) is 0. The molecule has 0 atom stereocenters. The number of hydrogen-bond donors (Lipinski definition) is 3. The summed E-state index contributed by atoms with van der Waals surface area (Å²) in [4.78, 5) is 22.1. The molecule has 3 N–H and O–H groups in total. The van der Waals surface area contributed by atoms with Gasteiger partial charge in [-0.3, -0.25) is 25.8 Å². The SMILES string of the molecule is O=C(CCCOc1ccc(Cl)cc1Cl)NNC(=S)Nc1cccc([N+](=O)[O-])c1. The largest absolute Gasteiger partial charge is 0.492 e. The van der Waals surface area contributed by atoms with E-state index < -0.39 is 4.92 Å². The summed E-state index contributed by atoms with van der Waals surface area (Å²) in [5, 5.41) is 14.5. The average Bonchev–Trinajstić information content (AvgIpc) is 2.65. The fraction of sp³-hybridized carbons (Fsp3) is 0.176. The number of nitro groups is 1. The smallest absolute Gasteiger partial charge is 0.271 e. The Balaban J connectivity index is 1.67. The van der Waals surface area contributed by atoms with Gasteiger partial charge in [0, 0.05) is 29.3 Å². The van der Waals surface area contributed by atoms with Crippen molar-refractivity contribution in [3.63, 3.8) is 0 Å². The molecule has 8 nitrogen and oxygen atoms in total. The first kappa shape index (κ1) is 21.7. The molecule has 11 heteroatoms. The van der Waals surface area contributed by atoms with Crippen LogP contribution in [-0.4, -0.2) is 22.5 Å². The van der Waals surface area contributed by atoms with Crippen molar-refractivity contribution in [1.82, 2.24) is 10.9 Å². The van der Waals surface area contributed by atoms with Crippen molar-refractivity contribution in [3.05, 3.63) is 62.6 Å². The molecule has 0 aliphatic heterocycles. The van der Waals surface area contributed by atoms with Crippen molar-refractivity contribution < 1.29 is 14.5 Å².